The Hall–Kier alpha value is -3.53. The van der Waals surface area contributed by atoms with E-state index in [2.05, 4.69) is 59.8 Å². The fourth-order valence-corrected chi connectivity index (χ4v) is 4.61. The number of fused-ring (bicyclic) bond motifs is 2. The Bertz CT molecular complexity index is 1280. The van der Waals surface area contributed by atoms with E-state index in [1.54, 1.807) is 11.2 Å². The molecule has 0 saturated carbocycles. The third-order valence-electron chi connectivity index (χ3n) is 6.29. The molecule has 10 heteroatoms. The smallest absolute Gasteiger partial charge is 0.236 e. The van der Waals surface area contributed by atoms with Gasteiger partial charge in [-0.3, -0.25) is 9.69 Å². The van der Waals surface area contributed by atoms with E-state index < -0.39 is 0 Å². The first-order valence-corrected chi connectivity index (χ1v) is 11.3. The Labute approximate surface area is 192 Å². The lowest BCUT2D eigenvalue weighted by Gasteiger charge is -2.35. The van der Waals surface area contributed by atoms with Crippen LogP contribution in [0, 0.1) is 0 Å². The van der Waals surface area contributed by atoms with E-state index in [9.17, 15) is 4.79 Å². The second-order valence-electron chi connectivity index (χ2n) is 8.84. The minimum Gasteiger partial charge on any atom is -0.358 e. The highest BCUT2D eigenvalue weighted by atomic mass is 16.2. The molecule has 10 nitrogen and oxygen atoms in total. The number of likely N-dealkylation sites (N-methyl/N-ethyl adjacent to an activating group) is 1. The fourth-order valence-electron chi connectivity index (χ4n) is 4.61. The van der Waals surface area contributed by atoms with Crippen molar-refractivity contribution in [3.8, 4) is 0 Å². The van der Waals surface area contributed by atoms with E-state index in [0.29, 0.717) is 18.0 Å². The molecule has 2 atom stereocenters. The van der Waals surface area contributed by atoms with Gasteiger partial charge < -0.3 is 19.8 Å². The molecule has 0 aliphatic carbocycles. The van der Waals surface area contributed by atoms with Gasteiger partial charge >= 0.3 is 0 Å². The largest absolute Gasteiger partial charge is 0.358 e. The molecule has 0 radical (unpaired) electrons. The molecule has 172 valence electrons. The number of nitrogens with one attached hydrogen (secondary N) is 2. The van der Waals surface area contributed by atoms with Crippen LogP contribution in [0.4, 0.5) is 5.82 Å². The molecule has 1 saturated heterocycles. The van der Waals surface area contributed by atoms with Crippen LogP contribution in [0.25, 0.3) is 22.2 Å². The first-order valence-electron chi connectivity index (χ1n) is 11.3. The summed E-state index contributed by atoms with van der Waals surface area (Å²) >= 11 is 0. The van der Waals surface area contributed by atoms with Gasteiger partial charge in [0.05, 0.1) is 29.9 Å². The Morgan fingerprint density at radius 3 is 2.97 bits per heavy atom. The molecule has 0 unspecified atom stereocenters. The molecule has 1 aliphatic heterocycles. The Kier molecular flexibility index (Phi) is 5.67. The van der Waals surface area contributed by atoms with Crippen molar-refractivity contribution < 1.29 is 4.79 Å². The number of H-pyrrole nitrogens is 1. The predicted molar refractivity (Wildman–Crippen MR) is 127 cm³/mol. The molecule has 3 aromatic heterocycles. The van der Waals surface area contributed by atoms with Crippen molar-refractivity contribution in [1.29, 1.82) is 0 Å². The maximum atomic E-state index is 12.3. The number of hydrogen-bond donors (Lipinski definition) is 2. The summed E-state index contributed by atoms with van der Waals surface area (Å²) in [7, 11) is 3.62. The van der Waals surface area contributed by atoms with Gasteiger partial charge in [-0.25, -0.2) is 19.9 Å². The van der Waals surface area contributed by atoms with Crippen LogP contribution in [0.5, 0.6) is 0 Å². The number of likely N-dealkylation sites (tertiary alicyclic amines) is 1. The van der Waals surface area contributed by atoms with E-state index in [1.165, 1.54) is 6.33 Å². The van der Waals surface area contributed by atoms with Gasteiger partial charge in [-0.2, -0.15) is 0 Å². The Morgan fingerprint density at radius 2 is 2.12 bits per heavy atom. The number of para-hydroxylation sites is 2. The lowest BCUT2D eigenvalue weighted by Crippen LogP contribution is -2.43. The number of rotatable bonds is 6. The molecule has 5 rings (SSSR count). The fraction of sp³-hybridized carbons (Fsp3) is 0.435. The second-order valence-corrected chi connectivity index (χ2v) is 8.84. The Morgan fingerprint density at radius 1 is 1.27 bits per heavy atom. The SMILES string of the molecule is C[C@H](Nc1ncnc2nc[nH]c12)c1nc2ccccc2n1[C@@H]1CCCN(CC(=O)N(C)C)C1. The maximum Gasteiger partial charge on any atom is 0.236 e. The van der Waals surface area contributed by atoms with Crippen LogP contribution in [0.1, 0.15) is 37.7 Å². The topological polar surface area (TPSA) is 108 Å². The molecule has 0 bridgehead atoms. The van der Waals surface area contributed by atoms with E-state index in [-0.39, 0.29) is 18.0 Å². The molecule has 33 heavy (non-hydrogen) atoms. The molecule has 0 spiro atoms. The van der Waals surface area contributed by atoms with Gasteiger partial charge in [0.2, 0.25) is 5.91 Å². The van der Waals surface area contributed by atoms with Crippen molar-refractivity contribution in [2.45, 2.75) is 31.8 Å². The molecule has 1 amide bonds. The lowest BCUT2D eigenvalue weighted by molar-refractivity contribution is -0.130. The van der Waals surface area contributed by atoms with Gasteiger partial charge in [0, 0.05) is 26.7 Å². The molecule has 1 fully saturated rings. The quantitative estimate of drug-likeness (QED) is 0.468. The van der Waals surface area contributed by atoms with Crippen LogP contribution in [0.3, 0.4) is 0 Å². The second kappa shape index (κ2) is 8.78. The van der Waals surface area contributed by atoms with E-state index in [1.807, 2.05) is 20.2 Å². The maximum absolute atomic E-state index is 12.3. The summed E-state index contributed by atoms with van der Waals surface area (Å²) in [6.45, 7) is 4.29. The van der Waals surface area contributed by atoms with Crippen molar-refractivity contribution in [2.75, 3.05) is 39.0 Å². The normalized spacial score (nSPS) is 18.0. The number of hydrogen-bond acceptors (Lipinski definition) is 7. The van der Waals surface area contributed by atoms with E-state index in [4.69, 9.17) is 4.98 Å². The van der Waals surface area contributed by atoms with Gasteiger partial charge in [0.1, 0.15) is 17.7 Å². The van der Waals surface area contributed by atoms with Gasteiger partial charge in [-0.1, -0.05) is 12.1 Å². The average molecular weight is 448 g/mol. The average Bonchev–Trinajstić information content (AvgIpc) is 3.44. The molecule has 1 aliphatic rings. The van der Waals surface area contributed by atoms with E-state index >= 15 is 0 Å². The van der Waals surface area contributed by atoms with Crippen molar-refractivity contribution in [2.24, 2.45) is 0 Å². The summed E-state index contributed by atoms with van der Waals surface area (Å²) in [6, 6.07) is 8.38. The first kappa shape index (κ1) is 21.3. The molecule has 1 aromatic carbocycles. The third-order valence-corrected chi connectivity index (χ3v) is 6.29. The summed E-state index contributed by atoms with van der Waals surface area (Å²) in [5.74, 6) is 1.78. The monoisotopic (exact) mass is 447 g/mol. The third kappa shape index (κ3) is 4.13. The van der Waals surface area contributed by atoms with Crippen molar-refractivity contribution in [1.82, 2.24) is 39.3 Å². The van der Waals surface area contributed by atoms with Crippen LogP contribution in [0.2, 0.25) is 0 Å². The van der Waals surface area contributed by atoms with Crippen LogP contribution in [-0.2, 0) is 4.79 Å². The number of amides is 1. The molecular formula is C23H29N9O. The summed E-state index contributed by atoms with van der Waals surface area (Å²) in [5, 5.41) is 3.51. The number of nitrogens with zero attached hydrogens (tertiary/aromatic N) is 7. The minimum absolute atomic E-state index is 0.0995. The molecule has 4 heterocycles. The summed E-state index contributed by atoms with van der Waals surface area (Å²) in [4.78, 5) is 37.2. The standard InChI is InChI=1S/C23H29N9O/c1-15(28-22-20-21(25-13-24-20)26-14-27-22)23-29-17-8-4-5-9-18(17)32(23)16-7-6-10-31(11-16)12-19(33)30(2)3/h4-5,8-9,13-16H,6-7,10-12H2,1-3H3,(H2,24,25,26,27,28)/t15-,16+/m0/s1. The highest BCUT2D eigenvalue weighted by Crippen LogP contribution is 2.32. The highest BCUT2D eigenvalue weighted by molar-refractivity contribution is 5.82. The molecular weight excluding hydrogens is 418 g/mol. The highest BCUT2D eigenvalue weighted by Gasteiger charge is 2.28. The molecule has 4 aromatic rings. The van der Waals surface area contributed by atoms with Gasteiger partial charge in [-0.15, -0.1) is 0 Å². The van der Waals surface area contributed by atoms with Crippen LogP contribution in [0.15, 0.2) is 36.9 Å². The number of aromatic nitrogens is 6. The number of carbonyl (C=O) groups excluding carboxylic acids is 1. The van der Waals surface area contributed by atoms with Crippen LogP contribution >= 0.6 is 0 Å². The zero-order chi connectivity index (χ0) is 22.9. The number of aromatic amines is 1. The van der Waals surface area contributed by atoms with Crippen LogP contribution < -0.4 is 5.32 Å². The van der Waals surface area contributed by atoms with Gasteiger partial charge in [0.15, 0.2) is 11.5 Å². The number of anilines is 1. The number of piperidine rings is 1. The predicted octanol–water partition coefficient (Wildman–Crippen LogP) is 2.60. The number of imidazole rings is 2. The van der Waals surface area contributed by atoms with E-state index in [0.717, 1.165) is 48.3 Å². The number of benzene rings is 1. The lowest BCUT2D eigenvalue weighted by atomic mass is 10.0. The van der Waals surface area contributed by atoms with Crippen LogP contribution in [-0.4, -0.2) is 78.9 Å². The zero-order valence-electron chi connectivity index (χ0n) is 19.2. The summed E-state index contributed by atoms with van der Waals surface area (Å²) in [6.07, 6.45) is 5.23. The van der Waals surface area contributed by atoms with Gasteiger partial charge in [0.25, 0.3) is 0 Å². The summed E-state index contributed by atoms with van der Waals surface area (Å²) < 4.78 is 2.35. The van der Waals surface area contributed by atoms with Crippen molar-refractivity contribution >= 4 is 33.9 Å². The van der Waals surface area contributed by atoms with Crippen molar-refractivity contribution in [3.63, 3.8) is 0 Å². The zero-order valence-corrected chi connectivity index (χ0v) is 19.2. The minimum atomic E-state index is -0.0995. The van der Waals surface area contributed by atoms with Gasteiger partial charge in [-0.05, 0) is 38.4 Å². The Balaban J connectivity index is 1.47. The summed E-state index contributed by atoms with van der Waals surface area (Å²) in [5.41, 5.74) is 3.48. The van der Waals surface area contributed by atoms with Crippen molar-refractivity contribution in [3.05, 3.63) is 42.7 Å². The molecule has 2 N–H and O–H groups in total. The first-order chi connectivity index (χ1) is 16.0. The number of carbonyl (C=O) groups is 1.